The van der Waals surface area contributed by atoms with Crippen LogP contribution in [0.25, 0.3) is 6.08 Å². The van der Waals surface area contributed by atoms with Crippen molar-refractivity contribution >= 4 is 46.3 Å². The number of amides is 1. The minimum atomic E-state index is -1.12. The molecular formula is C13H10FNO3S2. The van der Waals surface area contributed by atoms with Gasteiger partial charge in [-0.3, -0.25) is 9.69 Å². The average molecular weight is 311 g/mol. The molecule has 0 bridgehead atoms. The van der Waals surface area contributed by atoms with Crippen molar-refractivity contribution in [3.63, 3.8) is 0 Å². The van der Waals surface area contributed by atoms with Gasteiger partial charge in [0.15, 0.2) is 0 Å². The summed E-state index contributed by atoms with van der Waals surface area (Å²) >= 11 is 6.07. The Kier molecular flexibility index (Phi) is 4.20. The second-order valence-corrected chi connectivity index (χ2v) is 5.79. The van der Waals surface area contributed by atoms with E-state index in [2.05, 4.69) is 0 Å². The van der Waals surface area contributed by atoms with Crippen molar-refractivity contribution < 1.29 is 19.1 Å². The summed E-state index contributed by atoms with van der Waals surface area (Å²) in [7, 11) is 0. The third kappa shape index (κ3) is 2.88. The van der Waals surface area contributed by atoms with Crippen LogP contribution < -0.4 is 0 Å². The molecule has 0 aliphatic carbocycles. The van der Waals surface area contributed by atoms with Crippen LogP contribution >= 0.6 is 24.0 Å². The molecule has 1 aromatic carbocycles. The lowest BCUT2D eigenvalue weighted by Crippen LogP contribution is -2.41. The highest BCUT2D eigenvalue weighted by Gasteiger charge is 2.38. The number of carbonyl (C=O) groups excluding carboxylic acids is 1. The van der Waals surface area contributed by atoms with Crippen molar-refractivity contribution in [2.75, 3.05) is 0 Å². The number of thioether (sulfide) groups is 1. The van der Waals surface area contributed by atoms with Gasteiger partial charge in [0.1, 0.15) is 16.2 Å². The Morgan fingerprint density at radius 3 is 2.60 bits per heavy atom. The second kappa shape index (κ2) is 5.72. The molecule has 0 radical (unpaired) electrons. The van der Waals surface area contributed by atoms with Gasteiger partial charge in [-0.1, -0.05) is 36.1 Å². The lowest BCUT2D eigenvalue weighted by atomic mass is 10.2. The molecule has 0 unspecified atom stereocenters. The summed E-state index contributed by atoms with van der Waals surface area (Å²) in [5.74, 6) is -1.93. The molecule has 0 spiro atoms. The molecule has 1 atom stereocenters. The number of halogens is 1. The van der Waals surface area contributed by atoms with E-state index in [9.17, 15) is 14.0 Å². The van der Waals surface area contributed by atoms with Crippen molar-refractivity contribution in [3.8, 4) is 0 Å². The standard InChI is InChI=1S/C13H10FNO3S2/c1-7(12(17)18)15-11(16)10(20-13(15)19)6-8-2-4-9(14)5-3-8/h2-7H,1H3,(H,17,18)/t7-/m0/s1. The highest BCUT2D eigenvalue weighted by atomic mass is 32.2. The highest BCUT2D eigenvalue weighted by Crippen LogP contribution is 2.33. The summed E-state index contributed by atoms with van der Waals surface area (Å²) < 4.78 is 13.0. The molecule has 1 aliphatic rings. The van der Waals surface area contributed by atoms with Gasteiger partial charge in [-0.15, -0.1) is 0 Å². The molecule has 1 N–H and O–H groups in total. The first-order valence-electron chi connectivity index (χ1n) is 5.65. The molecule has 1 saturated heterocycles. The van der Waals surface area contributed by atoms with Crippen LogP contribution in [0.15, 0.2) is 29.2 Å². The molecule has 2 rings (SSSR count). The summed E-state index contributed by atoms with van der Waals surface area (Å²) in [6.45, 7) is 1.40. The molecular weight excluding hydrogens is 301 g/mol. The Hall–Kier alpha value is -1.73. The third-order valence-corrected chi connectivity index (χ3v) is 4.07. The molecule has 0 saturated carbocycles. The second-order valence-electron chi connectivity index (χ2n) is 4.12. The van der Waals surface area contributed by atoms with Crippen LogP contribution in [0.4, 0.5) is 4.39 Å². The number of carboxylic acid groups (broad SMARTS) is 1. The number of thiocarbonyl (C=S) groups is 1. The Bertz CT molecular complexity index is 613. The van der Waals surface area contributed by atoms with Crippen LogP contribution in [0.3, 0.4) is 0 Å². The maximum atomic E-state index is 12.8. The van der Waals surface area contributed by atoms with Gasteiger partial charge in [0.2, 0.25) is 0 Å². The fourth-order valence-corrected chi connectivity index (χ4v) is 3.05. The molecule has 104 valence electrons. The van der Waals surface area contributed by atoms with E-state index in [0.29, 0.717) is 10.5 Å². The van der Waals surface area contributed by atoms with E-state index in [0.717, 1.165) is 16.7 Å². The van der Waals surface area contributed by atoms with E-state index in [1.807, 2.05) is 0 Å². The summed E-state index contributed by atoms with van der Waals surface area (Å²) in [5.41, 5.74) is 0.648. The van der Waals surface area contributed by atoms with Crippen LogP contribution in [0.5, 0.6) is 0 Å². The fraction of sp³-hybridized carbons (Fsp3) is 0.154. The highest BCUT2D eigenvalue weighted by molar-refractivity contribution is 8.26. The minimum absolute atomic E-state index is 0.207. The summed E-state index contributed by atoms with van der Waals surface area (Å²) in [4.78, 5) is 24.5. The Labute approximate surface area is 124 Å². The maximum Gasteiger partial charge on any atom is 0.326 e. The van der Waals surface area contributed by atoms with Gasteiger partial charge in [0.25, 0.3) is 5.91 Å². The monoisotopic (exact) mass is 311 g/mol. The van der Waals surface area contributed by atoms with Crippen molar-refractivity contribution in [2.45, 2.75) is 13.0 Å². The summed E-state index contributed by atoms with van der Waals surface area (Å²) in [5, 5.41) is 8.96. The number of hydrogen-bond acceptors (Lipinski definition) is 4. The summed E-state index contributed by atoms with van der Waals surface area (Å²) in [6.07, 6.45) is 1.56. The zero-order valence-corrected chi connectivity index (χ0v) is 12.0. The van der Waals surface area contributed by atoms with Crippen LogP contribution in [0.1, 0.15) is 12.5 Å². The van der Waals surface area contributed by atoms with E-state index in [1.54, 1.807) is 6.08 Å². The first-order chi connectivity index (χ1) is 9.40. The van der Waals surface area contributed by atoms with Gasteiger partial charge < -0.3 is 5.11 Å². The van der Waals surface area contributed by atoms with E-state index < -0.39 is 17.9 Å². The van der Waals surface area contributed by atoms with E-state index >= 15 is 0 Å². The lowest BCUT2D eigenvalue weighted by molar-refractivity contribution is -0.144. The zero-order chi connectivity index (χ0) is 14.9. The van der Waals surface area contributed by atoms with Crippen molar-refractivity contribution in [2.24, 2.45) is 0 Å². The van der Waals surface area contributed by atoms with E-state index in [1.165, 1.54) is 31.2 Å². The number of hydrogen-bond donors (Lipinski definition) is 1. The average Bonchev–Trinajstić information content (AvgIpc) is 2.66. The molecule has 1 fully saturated rings. The maximum absolute atomic E-state index is 12.8. The molecule has 7 heteroatoms. The van der Waals surface area contributed by atoms with E-state index in [-0.39, 0.29) is 10.1 Å². The molecule has 1 aromatic rings. The number of rotatable bonds is 3. The Morgan fingerprint density at radius 2 is 2.05 bits per heavy atom. The van der Waals surface area contributed by atoms with Crippen LogP contribution in [-0.4, -0.2) is 32.2 Å². The molecule has 1 amide bonds. The van der Waals surface area contributed by atoms with Crippen LogP contribution in [0.2, 0.25) is 0 Å². The SMILES string of the molecule is C[C@@H](C(=O)O)N1C(=O)C(=Cc2ccc(F)cc2)SC1=S. The van der Waals surface area contributed by atoms with Gasteiger partial charge in [-0.25, -0.2) is 9.18 Å². The number of benzene rings is 1. The predicted octanol–water partition coefficient (Wildman–Crippen LogP) is 2.50. The zero-order valence-electron chi connectivity index (χ0n) is 10.4. The summed E-state index contributed by atoms with van der Waals surface area (Å²) in [6, 6.07) is 4.62. The van der Waals surface area contributed by atoms with Crippen LogP contribution in [0, 0.1) is 5.82 Å². The normalized spacial score (nSPS) is 18.7. The first-order valence-corrected chi connectivity index (χ1v) is 6.88. The van der Waals surface area contributed by atoms with E-state index in [4.69, 9.17) is 17.3 Å². The molecule has 1 heterocycles. The minimum Gasteiger partial charge on any atom is -0.480 e. The van der Waals surface area contributed by atoms with Crippen molar-refractivity contribution in [1.29, 1.82) is 0 Å². The number of aliphatic carboxylic acids is 1. The van der Waals surface area contributed by atoms with Gasteiger partial charge in [-0.2, -0.15) is 0 Å². The van der Waals surface area contributed by atoms with Crippen LogP contribution in [-0.2, 0) is 9.59 Å². The number of nitrogens with zero attached hydrogens (tertiary/aromatic N) is 1. The Balaban J connectivity index is 2.28. The molecule has 20 heavy (non-hydrogen) atoms. The predicted molar refractivity (Wildman–Crippen MR) is 78.5 cm³/mol. The number of carbonyl (C=O) groups is 2. The van der Waals surface area contributed by atoms with Crippen molar-refractivity contribution in [3.05, 3.63) is 40.6 Å². The van der Waals surface area contributed by atoms with Gasteiger partial charge in [0.05, 0.1) is 4.91 Å². The number of carboxylic acids is 1. The van der Waals surface area contributed by atoms with Crippen molar-refractivity contribution in [1.82, 2.24) is 4.90 Å². The molecule has 4 nitrogen and oxygen atoms in total. The van der Waals surface area contributed by atoms with Gasteiger partial charge in [0, 0.05) is 0 Å². The molecule has 0 aromatic heterocycles. The topological polar surface area (TPSA) is 57.6 Å². The lowest BCUT2D eigenvalue weighted by Gasteiger charge is -2.18. The quantitative estimate of drug-likeness (QED) is 0.686. The smallest absolute Gasteiger partial charge is 0.326 e. The van der Waals surface area contributed by atoms with Gasteiger partial charge in [-0.05, 0) is 30.7 Å². The Morgan fingerprint density at radius 1 is 1.45 bits per heavy atom. The largest absolute Gasteiger partial charge is 0.480 e. The van der Waals surface area contributed by atoms with Gasteiger partial charge >= 0.3 is 5.97 Å². The molecule has 1 aliphatic heterocycles. The third-order valence-electron chi connectivity index (χ3n) is 2.74. The fourth-order valence-electron chi connectivity index (χ4n) is 1.63. The first kappa shape index (κ1) is 14.7.